The van der Waals surface area contributed by atoms with Gasteiger partial charge in [0.15, 0.2) is 0 Å². The zero-order valence-electron chi connectivity index (χ0n) is 15.2. The molecule has 1 heterocycles. The van der Waals surface area contributed by atoms with Crippen molar-refractivity contribution in [1.29, 1.82) is 0 Å². The largest absolute Gasteiger partial charge is 0.326 e. The number of carbonyl (C=O) groups is 1. The van der Waals surface area contributed by atoms with E-state index in [4.69, 9.17) is 0 Å². The summed E-state index contributed by atoms with van der Waals surface area (Å²) in [5.41, 5.74) is 2.59. The van der Waals surface area contributed by atoms with E-state index in [2.05, 4.69) is 21.2 Å². The number of piperidine rings is 1. The molecule has 1 amide bonds. The van der Waals surface area contributed by atoms with Gasteiger partial charge in [0.1, 0.15) is 0 Å². The van der Waals surface area contributed by atoms with Crippen molar-refractivity contribution in [1.82, 2.24) is 4.31 Å². The van der Waals surface area contributed by atoms with E-state index in [9.17, 15) is 13.2 Å². The van der Waals surface area contributed by atoms with Crippen LogP contribution in [0.4, 0.5) is 5.69 Å². The summed E-state index contributed by atoms with van der Waals surface area (Å²) in [6.07, 6.45) is 1.08. The summed E-state index contributed by atoms with van der Waals surface area (Å²) in [5.74, 6) is -0.210. The number of halogens is 1. The lowest BCUT2D eigenvalue weighted by atomic mass is 9.97. The molecule has 0 atom stereocenters. The van der Waals surface area contributed by atoms with Gasteiger partial charge in [0.25, 0.3) is 0 Å². The maximum atomic E-state index is 12.7. The molecule has 0 spiro atoms. The topological polar surface area (TPSA) is 66.5 Å². The van der Waals surface area contributed by atoms with Crippen LogP contribution in [0.1, 0.15) is 24.0 Å². The highest BCUT2D eigenvalue weighted by atomic mass is 79.9. The molecule has 2 aromatic carbocycles. The van der Waals surface area contributed by atoms with Crippen molar-refractivity contribution in [2.75, 3.05) is 18.4 Å². The van der Waals surface area contributed by atoms with Gasteiger partial charge in [0.2, 0.25) is 15.9 Å². The van der Waals surface area contributed by atoms with E-state index in [1.807, 2.05) is 55.5 Å². The lowest BCUT2D eigenvalue weighted by Crippen LogP contribution is -2.41. The molecule has 1 fully saturated rings. The van der Waals surface area contributed by atoms with Crippen LogP contribution in [0.2, 0.25) is 0 Å². The molecule has 1 N–H and O–H groups in total. The van der Waals surface area contributed by atoms with Crippen molar-refractivity contribution in [2.24, 2.45) is 5.92 Å². The summed E-state index contributed by atoms with van der Waals surface area (Å²) in [4.78, 5) is 12.5. The van der Waals surface area contributed by atoms with Crippen LogP contribution in [0, 0.1) is 12.8 Å². The van der Waals surface area contributed by atoms with E-state index in [1.165, 1.54) is 4.31 Å². The number of para-hydroxylation sites is 1. The lowest BCUT2D eigenvalue weighted by Gasteiger charge is -2.30. The molecule has 3 rings (SSSR count). The number of nitrogens with zero attached hydrogens (tertiary/aromatic N) is 1. The third-order valence-electron chi connectivity index (χ3n) is 4.88. The minimum atomic E-state index is -3.38. The first-order chi connectivity index (χ1) is 12.8. The second-order valence-electron chi connectivity index (χ2n) is 6.86. The minimum Gasteiger partial charge on any atom is -0.326 e. The molecular weight excluding hydrogens is 428 g/mol. The molecule has 0 aliphatic carbocycles. The highest BCUT2D eigenvalue weighted by Gasteiger charge is 2.31. The number of benzene rings is 2. The first-order valence-electron chi connectivity index (χ1n) is 8.94. The van der Waals surface area contributed by atoms with Gasteiger partial charge in [-0.3, -0.25) is 4.79 Å². The van der Waals surface area contributed by atoms with Crippen molar-refractivity contribution in [3.05, 3.63) is 64.1 Å². The number of amides is 1. The number of anilines is 1. The fraction of sp³-hybridized carbons (Fsp3) is 0.350. The highest BCUT2D eigenvalue weighted by Crippen LogP contribution is 2.24. The predicted octanol–water partition coefficient (Wildman–Crippen LogP) is 3.94. The van der Waals surface area contributed by atoms with Gasteiger partial charge in [-0.05, 0) is 49.1 Å². The third kappa shape index (κ3) is 5.18. The first kappa shape index (κ1) is 20.0. The highest BCUT2D eigenvalue weighted by molar-refractivity contribution is 9.10. The molecular formula is C20H23BrN2O3S. The van der Waals surface area contributed by atoms with Crippen molar-refractivity contribution >= 4 is 37.5 Å². The SMILES string of the molecule is Cc1ccccc1NC(=O)C1CCN(S(=O)(=O)Cc2ccc(Br)cc2)CC1. The van der Waals surface area contributed by atoms with Crippen molar-refractivity contribution in [3.63, 3.8) is 0 Å². The fourth-order valence-corrected chi connectivity index (χ4v) is 5.05. The van der Waals surface area contributed by atoms with E-state index in [0.29, 0.717) is 25.9 Å². The Bertz CT molecular complexity index is 905. The van der Waals surface area contributed by atoms with Crippen LogP contribution in [0.15, 0.2) is 53.0 Å². The molecule has 0 saturated carbocycles. The molecule has 1 saturated heterocycles. The molecule has 5 nitrogen and oxygen atoms in total. The van der Waals surface area contributed by atoms with E-state index in [1.54, 1.807) is 0 Å². The van der Waals surface area contributed by atoms with Crippen LogP contribution in [-0.2, 0) is 20.6 Å². The molecule has 0 bridgehead atoms. The zero-order valence-corrected chi connectivity index (χ0v) is 17.6. The van der Waals surface area contributed by atoms with Crippen molar-refractivity contribution < 1.29 is 13.2 Å². The Morgan fingerprint density at radius 1 is 1.11 bits per heavy atom. The Morgan fingerprint density at radius 3 is 2.37 bits per heavy atom. The fourth-order valence-electron chi connectivity index (χ4n) is 3.23. The maximum Gasteiger partial charge on any atom is 0.227 e. The molecule has 0 aromatic heterocycles. The second kappa shape index (κ2) is 8.54. The zero-order chi connectivity index (χ0) is 19.4. The number of carbonyl (C=O) groups excluding carboxylic acids is 1. The van der Waals surface area contributed by atoms with Gasteiger partial charge in [-0.1, -0.05) is 46.3 Å². The van der Waals surface area contributed by atoms with Crippen molar-refractivity contribution in [2.45, 2.75) is 25.5 Å². The van der Waals surface area contributed by atoms with E-state index >= 15 is 0 Å². The molecule has 1 aliphatic heterocycles. The van der Waals surface area contributed by atoms with Gasteiger partial charge in [0.05, 0.1) is 5.75 Å². The Morgan fingerprint density at radius 2 is 1.74 bits per heavy atom. The lowest BCUT2D eigenvalue weighted by molar-refractivity contribution is -0.120. The molecule has 7 heteroatoms. The maximum absolute atomic E-state index is 12.7. The van der Waals surface area contributed by atoms with Crippen LogP contribution >= 0.6 is 15.9 Å². The van der Waals surface area contributed by atoms with Crippen LogP contribution in [0.3, 0.4) is 0 Å². The molecule has 1 aliphatic rings. The van der Waals surface area contributed by atoms with Gasteiger partial charge < -0.3 is 5.32 Å². The average molecular weight is 451 g/mol. The second-order valence-corrected chi connectivity index (χ2v) is 9.74. The first-order valence-corrected chi connectivity index (χ1v) is 11.3. The number of rotatable bonds is 5. The van der Waals surface area contributed by atoms with Gasteiger partial charge in [-0.15, -0.1) is 0 Å². The van der Waals surface area contributed by atoms with Gasteiger partial charge in [-0.25, -0.2) is 12.7 Å². The number of sulfonamides is 1. The van der Waals surface area contributed by atoms with Crippen LogP contribution < -0.4 is 5.32 Å². The number of hydrogen-bond acceptors (Lipinski definition) is 3. The summed E-state index contributed by atoms with van der Waals surface area (Å²) >= 11 is 3.35. The molecule has 144 valence electrons. The van der Waals surface area contributed by atoms with Crippen molar-refractivity contribution in [3.8, 4) is 0 Å². The van der Waals surface area contributed by atoms with Gasteiger partial charge in [0, 0.05) is 29.2 Å². The van der Waals surface area contributed by atoms with E-state index in [0.717, 1.165) is 21.3 Å². The van der Waals surface area contributed by atoms with Gasteiger partial charge >= 0.3 is 0 Å². The number of aryl methyl sites for hydroxylation is 1. The van der Waals surface area contributed by atoms with Crippen LogP contribution in [0.25, 0.3) is 0 Å². The van der Waals surface area contributed by atoms with Crippen LogP contribution in [0.5, 0.6) is 0 Å². The average Bonchev–Trinajstić information content (AvgIpc) is 2.65. The third-order valence-corrected chi connectivity index (χ3v) is 7.26. The Labute approximate surface area is 169 Å². The summed E-state index contributed by atoms with van der Waals surface area (Å²) < 4.78 is 27.8. The monoisotopic (exact) mass is 450 g/mol. The summed E-state index contributed by atoms with van der Waals surface area (Å²) in [6, 6.07) is 15.0. The Hall–Kier alpha value is -1.70. The molecule has 2 aromatic rings. The molecule has 0 radical (unpaired) electrons. The normalized spacial score (nSPS) is 16.2. The number of nitrogens with one attached hydrogen (secondary N) is 1. The predicted molar refractivity (Wildman–Crippen MR) is 111 cm³/mol. The molecule has 0 unspecified atom stereocenters. The van der Waals surface area contributed by atoms with Gasteiger partial charge in [-0.2, -0.15) is 0 Å². The number of hydrogen-bond donors (Lipinski definition) is 1. The minimum absolute atomic E-state index is 0.0135. The Kier molecular flexibility index (Phi) is 6.34. The Balaban J connectivity index is 1.57. The standard InChI is InChI=1S/C20H23BrN2O3S/c1-15-4-2-3-5-19(15)22-20(24)17-10-12-23(13-11-17)27(25,26)14-16-6-8-18(21)9-7-16/h2-9,17H,10-14H2,1H3,(H,22,24). The van der Waals surface area contributed by atoms with Crippen LogP contribution in [-0.4, -0.2) is 31.7 Å². The quantitative estimate of drug-likeness (QED) is 0.749. The molecule has 27 heavy (non-hydrogen) atoms. The van der Waals surface area contributed by atoms with E-state index in [-0.39, 0.29) is 17.6 Å². The summed E-state index contributed by atoms with van der Waals surface area (Å²) in [7, 11) is -3.38. The van der Waals surface area contributed by atoms with E-state index < -0.39 is 10.0 Å². The smallest absolute Gasteiger partial charge is 0.227 e. The summed E-state index contributed by atoms with van der Waals surface area (Å²) in [6.45, 7) is 2.71. The summed E-state index contributed by atoms with van der Waals surface area (Å²) in [5, 5.41) is 2.97.